The van der Waals surface area contributed by atoms with E-state index >= 15 is 0 Å². The van der Waals surface area contributed by atoms with Gasteiger partial charge >= 0.3 is 0 Å². The molecule has 0 bridgehead atoms. The summed E-state index contributed by atoms with van der Waals surface area (Å²) in [5.41, 5.74) is 1.92. The summed E-state index contributed by atoms with van der Waals surface area (Å²) in [6.07, 6.45) is 2.79. The molecule has 0 spiro atoms. The maximum absolute atomic E-state index is 11.9. The summed E-state index contributed by atoms with van der Waals surface area (Å²) >= 11 is 0. The molecule has 0 aliphatic carbocycles. The van der Waals surface area contributed by atoms with Crippen LogP contribution in [-0.4, -0.2) is 108 Å². The molecule has 0 aromatic heterocycles. The van der Waals surface area contributed by atoms with Gasteiger partial charge in [0.05, 0.1) is 92.2 Å². The second-order valence-corrected chi connectivity index (χ2v) is 8.00. The number of rotatable bonds is 22. The molecule has 1 N–H and O–H groups in total. The third kappa shape index (κ3) is 14.6. The van der Waals surface area contributed by atoms with Crippen LogP contribution in [0.15, 0.2) is 36.4 Å². The Morgan fingerprint density at radius 3 is 1.51 bits per heavy atom. The zero-order valence-corrected chi connectivity index (χ0v) is 21.5. The first-order valence-electron chi connectivity index (χ1n) is 12.4. The molecule has 1 aliphatic heterocycles. The first-order valence-corrected chi connectivity index (χ1v) is 12.4. The number of aryl methyl sites for hydroxylation is 1. The van der Waals surface area contributed by atoms with Crippen molar-refractivity contribution in [3.63, 3.8) is 0 Å². The molecular weight excluding hydrogens is 484 g/mol. The lowest BCUT2D eigenvalue weighted by atomic mass is 10.2. The quantitative estimate of drug-likeness (QED) is 0.178. The van der Waals surface area contributed by atoms with E-state index in [9.17, 15) is 14.4 Å². The molecule has 0 saturated heterocycles. The fourth-order valence-electron chi connectivity index (χ4n) is 3.03. The van der Waals surface area contributed by atoms with E-state index in [0.29, 0.717) is 79.1 Å². The van der Waals surface area contributed by atoms with Gasteiger partial charge in [-0.15, -0.1) is 0 Å². The lowest BCUT2D eigenvalue weighted by Gasteiger charge is -2.13. The third-order valence-electron chi connectivity index (χ3n) is 5.03. The summed E-state index contributed by atoms with van der Waals surface area (Å²) < 4.78 is 32.4. The number of anilines is 1. The number of hydrogen-bond acceptors (Lipinski definition) is 9. The summed E-state index contributed by atoms with van der Waals surface area (Å²) in [6, 6.07) is 7.64. The fraction of sp³-hybridized carbons (Fsp3) is 0.577. The van der Waals surface area contributed by atoms with Crippen molar-refractivity contribution in [3.8, 4) is 0 Å². The summed E-state index contributed by atoms with van der Waals surface area (Å²) in [6.45, 7) is 7.21. The second kappa shape index (κ2) is 19.4. The van der Waals surface area contributed by atoms with Gasteiger partial charge in [-0.1, -0.05) is 17.7 Å². The SMILES string of the molecule is Cc1ccc(NC(=O)CCOCCOCCOCCOCCOCCOCCN2C(=O)C=CC2=O)cc1. The van der Waals surface area contributed by atoms with Crippen molar-refractivity contribution in [2.45, 2.75) is 13.3 Å². The van der Waals surface area contributed by atoms with Crippen molar-refractivity contribution >= 4 is 23.4 Å². The molecule has 11 heteroatoms. The van der Waals surface area contributed by atoms with Crippen LogP contribution in [0.3, 0.4) is 0 Å². The lowest BCUT2D eigenvalue weighted by Crippen LogP contribution is -2.33. The van der Waals surface area contributed by atoms with Gasteiger partial charge in [-0.25, -0.2) is 0 Å². The molecule has 0 atom stereocenters. The van der Waals surface area contributed by atoms with Crippen molar-refractivity contribution in [1.29, 1.82) is 0 Å². The topological polar surface area (TPSA) is 122 Å². The zero-order chi connectivity index (χ0) is 26.6. The summed E-state index contributed by atoms with van der Waals surface area (Å²) in [4.78, 5) is 35.7. The standard InChI is InChI=1S/C26H38N2O9/c1-22-2-4-23(5-3-22)27-24(29)8-10-32-12-14-34-16-18-36-20-21-37-19-17-35-15-13-33-11-9-28-25(30)6-7-26(28)31/h2-7H,8-21H2,1H3,(H,27,29). The molecule has 1 aromatic carbocycles. The fourth-order valence-corrected chi connectivity index (χ4v) is 3.03. The number of amides is 3. The Balaban J connectivity index is 1.23. The van der Waals surface area contributed by atoms with Crippen LogP contribution in [0.1, 0.15) is 12.0 Å². The highest BCUT2D eigenvalue weighted by molar-refractivity contribution is 6.12. The third-order valence-corrected chi connectivity index (χ3v) is 5.03. The van der Waals surface area contributed by atoms with E-state index in [1.165, 1.54) is 12.2 Å². The Labute approximate surface area is 218 Å². The van der Waals surface area contributed by atoms with Crippen molar-refractivity contribution in [2.75, 3.05) is 91.1 Å². The summed E-state index contributed by atoms with van der Waals surface area (Å²) in [5.74, 6) is -0.698. The van der Waals surface area contributed by atoms with E-state index in [0.717, 1.165) is 16.2 Å². The Kier molecular flexibility index (Phi) is 16.1. The normalized spacial score (nSPS) is 13.1. The molecular formula is C26H38N2O9. The van der Waals surface area contributed by atoms with Gasteiger partial charge in [0.25, 0.3) is 11.8 Å². The number of hydrogen-bond donors (Lipinski definition) is 1. The molecule has 0 radical (unpaired) electrons. The summed E-state index contributed by atoms with van der Waals surface area (Å²) in [5, 5.41) is 2.83. The van der Waals surface area contributed by atoms with Gasteiger partial charge in [-0.3, -0.25) is 19.3 Å². The number of ether oxygens (including phenoxy) is 6. The van der Waals surface area contributed by atoms with Gasteiger partial charge in [0, 0.05) is 17.8 Å². The number of carbonyl (C=O) groups is 3. The van der Waals surface area contributed by atoms with Gasteiger partial charge in [-0.2, -0.15) is 0 Å². The highest BCUT2D eigenvalue weighted by atomic mass is 16.6. The van der Waals surface area contributed by atoms with Crippen molar-refractivity contribution < 1.29 is 42.8 Å². The largest absolute Gasteiger partial charge is 0.379 e. The number of imide groups is 1. The van der Waals surface area contributed by atoms with E-state index in [1.807, 2.05) is 31.2 Å². The molecule has 1 heterocycles. The molecule has 37 heavy (non-hydrogen) atoms. The molecule has 206 valence electrons. The number of nitrogens with one attached hydrogen (secondary N) is 1. The molecule has 0 saturated carbocycles. The minimum absolute atomic E-state index is 0.0818. The van der Waals surface area contributed by atoms with E-state index in [4.69, 9.17) is 28.4 Å². The lowest BCUT2D eigenvalue weighted by molar-refractivity contribution is -0.137. The predicted octanol–water partition coefficient (Wildman–Crippen LogP) is 1.35. The van der Waals surface area contributed by atoms with Gasteiger partial charge in [0.15, 0.2) is 0 Å². The first-order chi connectivity index (χ1) is 18.1. The Morgan fingerprint density at radius 2 is 1.05 bits per heavy atom. The number of carbonyl (C=O) groups excluding carboxylic acids is 3. The van der Waals surface area contributed by atoms with Crippen LogP contribution in [0, 0.1) is 6.92 Å². The molecule has 1 aliphatic rings. The maximum atomic E-state index is 11.9. The Bertz CT molecular complexity index is 812. The van der Waals surface area contributed by atoms with Crippen molar-refractivity contribution in [1.82, 2.24) is 4.90 Å². The summed E-state index contributed by atoms with van der Waals surface area (Å²) in [7, 11) is 0. The van der Waals surface area contributed by atoms with Crippen LogP contribution in [0.25, 0.3) is 0 Å². The minimum atomic E-state index is -0.308. The molecule has 3 amide bonds. The van der Waals surface area contributed by atoms with Crippen LogP contribution < -0.4 is 5.32 Å². The second-order valence-electron chi connectivity index (χ2n) is 8.00. The van der Waals surface area contributed by atoms with E-state index < -0.39 is 0 Å². The molecule has 0 fully saturated rings. The van der Waals surface area contributed by atoms with E-state index in [1.54, 1.807) is 0 Å². The smallest absolute Gasteiger partial charge is 0.253 e. The van der Waals surface area contributed by atoms with E-state index in [2.05, 4.69) is 5.32 Å². The molecule has 0 unspecified atom stereocenters. The zero-order valence-electron chi connectivity index (χ0n) is 21.5. The molecule has 1 aromatic rings. The number of nitrogens with zero attached hydrogens (tertiary/aromatic N) is 1. The molecule has 2 rings (SSSR count). The van der Waals surface area contributed by atoms with Gasteiger partial charge in [0.2, 0.25) is 5.91 Å². The van der Waals surface area contributed by atoms with Crippen molar-refractivity contribution in [2.24, 2.45) is 0 Å². The number of benzene rings is 1. The maximum Gasteiger partial charge on any atom is 0.253 e. The molecule has 11 nitrogen and oxygen atoms in total. The van der Waals surface area contributed by atoms with E-state index in [-0.39, 0.29) is 30.9 Å². The van der Waals surface area contributed by atoms with Gasteiger partial charge in [-0.05, 0) is 19.1 Å². The Morgan fingerprint density at radius 1 is 0.649 bits per heavy atom. The van der Waals surface area contributed by atoms with Crippen LogP contribution in [0.5, 0.6) is 0 Å². The van der Waals surface area contributed by atoms with Gasteiger partial charge < -0.3 is 33.7 Å². The van der Waals surface area contributed by atoms with Crippen LogP contribution >= 0.6 is 0 Å². The highest BCUT2D eigenvalue weighted by Gasteiger charge is 2.22. The highest BCUT2D eigenvalue weighted by Crippen LogP contribution is 2.08. The average molecular weight is 523 g/mol. The van der Waals surface area contributed by atoms with Gasteiger partial charge in [0.1, 0.15) is 0 Å². The Hall–Kier alpha value is -2.67. The van der Waals surface area contributed by atoms with Crippen LogP contribution in [0.4, 0.5) is 5.69 Å². The minimum Gasteiger partial charge on any atom is -0.379 e. The monoisotopic (exact) mass is 522 g/mol. The van der Waals surface area contributed by atoms with Crippen LogP contribution in [-0.2, 0) is 42.8 Å². The van der Waals surface area contributed by atoms with Crippen LogP contribution in [0.2, 0.25) is 0 Å². The van der Waals surface area contributed by atoms with Crippen molar-refractivity contribution in [3.05, 3.63) is 42.0 Å². The average Bonchev–Trinajstić information content (AvgIpc) is 3.21. The first kappa shape index (κ1) is 30.6. The predicted molar refractivity (Wildman–Crippen MR) is 135 cm³/mol.